The molecule has 0 spiro atoms. The number of unbranched alkanes of at least 4 members (excludes halogenated alkanes) is 1. The maximum absolute atomic E-state index is 5.93. The molecule has 0 fully saturated rings. The van der Waals surface area contributed by atoms with Crippen molar-refractivity contribution in [3.8, 4) is 0 Å². The summed E-state index contributed by atoms with van der Waals surface area (Å²) in [5, 5.41) is 0. The topological polar surface area (TPSA) is 15.7 Å². The van der Waals surface area contributed by atoms with Crippen LogP contribution < -0.4 is 0 Å². The van der Waals surface area contributed by atoms with Crippen molar-refractivity contribution in [1.29, 1.82) is 0 Å². The van der Waals surface area contributed by atoms with Crippen LogP contribution in [0.2, 0.25) is 0 Å². The molecule has 0 bridgehead atoms. The molecular weight excluding hydrogens is 308 g/mol. The van der Waals surface area contributed by atoms with Crippen LogP contribution in [-0.2, 0) is 17.9 Å². The van der Waals surface area contributed by atoms with E-state index in [0.29, 0.717) is 6.10 Å². The average Bonchev–Trinajstić information content (AvgIpc) is 2.57. The molecule has 0 aromatic heterocycles. The van der Waals surface area contributed by atoms with Crippen LogP contribution in [0.15, 0.2) is 24.3 Å². The van der Waals surface area contributed by atoms with Gasteiger partial charge in [0.25, 0.3) is 0 Å². The van der Waals surface area contributed by atoms with Gasteiger partial charge >= 0.3 is 0 Å². The number of nitrogens with zero attached hydrogens (tertiary/aromatic N) is 2. The van der Waals surface area contributed by atoms with E-state index in [0.717, 1.165) is 38.6 Å². The Hall–Kier alpha value is -0.900. The third-order valence-corrected chi connectivity index (χ3v) is 4.51. The molecule has 144 valence electrons. The Labute approximate surface area is 156 Å². The lowest BCUT2D eigenvalue weighted by atomic mass is 10.1. The smallest absolute Gasteiger partial charge is 0.0720 e. The lowest BCUT2D eigenvalue weighted by molar-refractivity contribution is 0.0462. The van der Waals surface area contributed by atoms with Gasteiger partial charge < -0.3 is 14.5 Å². The van der Waals surface area contributed by atoms with E-state index in [4.69, 9.17) is 4.74 Å². The zero-order valence-corrected chi connectivity index (χ0v) is 17.4. The molecule has 1 unspecified atom stereocenters. The Balaban J connectivity index is 2.31. The first kappa shape index (κ1) is 22.1. The van der Waals surface area contributed by atoms with Crippen LogP contribution in [-0.4, -0.2) is 49.6 Å². The van der Waals surface area contributed by atoms with Crippen molar-refractivity contribution < 1.29 is 4.74 Å². The van der Waals surface area contributed by atoms with E-state index >= 15 is 0 Å². The molecule has 0 N–H and O–H groups in total. The van der Waals surface area contributed by atoms with E-state index < -0.39 is 0 Å². The molecule has 0 aliphatic rings. The third-order valence-electron chi connectivity index (χ3n) is 4.51. The molecule has 1 aromatic carbocycles. The monoisotopic (exact) mass is 348 g/mol. The molecule has 3 nitrogen and oxygen atoms in total. The summed E-state index contributed by atoms with van der Waals surface area (Å²) < 4.78 is 5.93. The predicted molar refractivity (Wildman–Crippen MR) is 109 cm³/mol. The van der Waals surface area contributed by atoms with Crippen molar-refractivity contribution in [2.75, 3.05) is 33.7 Å². The van der Waals surface area contributed by atoms with Crippen molar-refractivity contribution in [2.45, 2.75) is 66.2 Å². The lowest BCUT2D eigenvalue weighted by Gasteiger charge is -2.23. The van der Waals surface area contributed by atoms with Gasteiger partial charge in [-0.15, -0.1) is 0 Å². The van der Waals surface area contributed by atoms with Crippen LogP contribution in [0.3, 0.4) is 0 Å². The minimum Gasteiger partial charge on any atom is -0.374 e. The van der Waals surface area contributed by atoms with E-state index in [1.807, 2.05) is 0 Å². The van der Waals surface area contributed by atoms with Gasteiger partial charge in [0.15, 0.2) is 0 Å². The van der Waals surface area contributed by atoms with Crippen LogP contribution in [0, 0.1) is 5.92 Å². The van der Waals surface area contributed by atoms with Crippen LogP contribution in [0.25, 0.3) is 0 Å². The van der Waals surface area contributed by atoms with Gasteiger partial charge in [0.05, 0.1) is 12.7 Å². The summed E-state index contributed by atoms with van der Waals surface area (Å²) in [5.74, 6) is 0.731. The highest BCUT2D eigenvalue weighted by Crippen LogP contribution is 2.11. The molecule has 1 rings (SSSR count). The fourth-order valence-corrected chi connectivity index (χ4v) is 3.00. The summed E-state index contributed by atoms with van der Waals surface area (Å²) in [4.78, 5) is 4.82. The number of hydrogen-bond donors (Lipinski definition) is 0. The standard InChI is InChI=1S/C22H40N2O/c1-7-8-9-20(4)25-18-22-12-10-21(11-13-22)17-24(6)15-14-23(5)16-19(2)3/h10-13,19-20H,7-9,14-18H2,1-6H3. The number of benzene rings is 1. The number of rotatable bonds is 13. The second kappa shape index (κ2) is 12.5. The molecule has 0 aliphatic heterocycles. The van der Waals surface area contributed by atoms with Crippen LogP contribution in [0.1, 0.15) is 58.1 Å². The van der Waals surface area contributed by atoms with E-state index in [2.05, 4.69) is 75.9 Å². The van der Waals surface area contributed by atoms with Gasteiger partial charge in [0, 0.05) is 26.2 Å². The quantitative estimate of drug-likeness (QED) is 0.509. The van der Waals surface area contributed by atoms with Gasteiger partial charge in [-0.2, -0.15) is 0 Å². The molecule has 0 heterocycles. The molecule has 0 radical (unpaired) electrons. The second-order valence-corrected chi connectivity index (χ2v) is 7.97. The first-order chi connectivity index (χ1) is 11.9. The Bertz CT molecular complexity index is 444. The molecule has 0 aliphatic carbocycles. The van der Waals surface area contributed by atoms with E-state index in [1.54, 1.807) is 0 Å². The summed E-state index contributed by atoms with van der Waals surface area (Å²) >= 11 is 0. The first-order valence-corrected chi connectivity index (χ1v) is 9.97. The Morgan fingerprint density at radius 1 is 0.920 bits per heavy atom. The minimum atomic E-state index is 0.355. The highest BCUT2D eigenvalue weighted by atomic mass is 16.5. The highest BCUT2D eigenvalue weighted by molar-refractivity contribution is 5.22. The lowest BCUT2D eigenvalue weighted by Crippen LogP contribution is -2.32. The van der Waals surface area contributed by atoms with Gasteiger partial charge in [-0.05, 0) is 44.5 Å². The predicted octanol–water partition coefficient (Wildman–Crippen LogP) is 4.80. The third kappa shape index (κ3) is 10.6. The SMILES string of the molecule is CCCCC(C)OCc1ccc(CN(C)CCN(C)CC(C)C)cc1. The van der Waals surface area contributed by atoms with Gasteiger partial charge in [-0.3, -0.25) is 0 Å². The number of likely N-dealkylation sites (N-methyl/N-ethyl adjacent to an activating group) is 2. The number of hydrogen-bond acceptors (Lipinski definition) is 3. The fraction of sp³-hybridized carbons (Fsp3) is 0.727. The van der Waals surface area contributed by atoms with E-state index in [9.17, 15) is 0 Å². The summed E-state index contributed by atoms with van der Waals surface area (Å²) in [6.45, 7) is 14.1. The molecule has 0 saturated heterocycles. The van der Waals surface area contributed by atoms with Crippen molar-refractivity contribution in [1.82, 2.24) is 9.80 Å². The van der Waals surface area contributed by atoms with Gasteiger partial charge in [0.2, 0.25) is 0 Å². The van der Waals surface area contributed by atoms with Crippen molar-refractivity contribution >= 4 is 0 Å². The Kier molecular flexibility index (Phi) is 11.0. The van der Waals surface area contributed by atoms with Crippen LogP contribution in [0.5, 0.6) is 0 Å². The normalized spacial score (nSPS) is 13.2. The second-order valence-electron chi connectivity index (χ2n) is 7.97. The summed E-state index contributed by atoms with van der Waals surface area (Å²) in [5.41, 5.74) is 2.64. The van der Waals surface area contributed by atoms with E-state index in [-0.39, 0.29) is 0 Å². The maximum atomic E-state index is 5.93. The zero-order valence-electron chi connectivity index (χ0n) is 17.4. The van der Waals surface area contributed by atoms with E-state index in [1.165, 1.54) is 30.5 Å². The Morgan fingerprint density at radius 3 is 2.12 bits per heavy atom. The summed E-state index contributed by atoms with van der Waals surface area (Å²) in [7, 11) is 4.42. The number of ether oxygens (including phenoxy) is 1. The van der Waals surface area contributed by atoms with Crippen LogP contribution in [0.4, 0.5) is 0 Å². The van der Waals surface area contributed by atoms with Gasteiger partial charge in [-0.1, -0.05) is 57.9 Å². The van der Waals surface area contributed by atoms with Gasteiger partial charge in [-0.25, -0.2) is 0 Å². The highest BCUT2D eigenvalue weighted by Gasteiger charge is 2.06. The minimum absolute atomic E-state index is 0.355. The average molecular weight is 349 g/mol. The first-order valence-electron chi connectivity index (χ1n) is 9.97. The van der Waals surface area contributed by atoms with Crippen LogP contribution >= 0.6 is 0 Å². The van der Waals surface area contributed by atoms with Crippen molar-refractivity contribution in [2.24, 2.45) is 5.92 Å². The largest absolute Gasteiger partial charge is 0.374 e. The van der Waals surface area contributed by atoms with Crippen molar-refractivity contribution in [3.63, 3.8) is 0 Å². The maximum Gasteiger partial charge on any atom is 0.0720 e. The fourth-order valence-electron chi connectivity index (χ4n) is 3.00. The molecule has 1 aromatic rings. The molecule has 1 atom stereocenters. The molecule has 0 amide bonds. The molecule has 3 heteroatoms. The van der Waals surface area contributed by atoms with Gasteiger partial charge in [0.1, 0.15) is 0 Å². The molecular formula is C22H40N2O. The zero-order chi connectivity index (χ0) is 18.7. The summed E-state index contributed by atoms with van der Waals surface area (Å²) in [6, 6.07) is 8.90. The summed E-state index contributed by atoms with van der Waals surface area (Å²) in [6.07, 6.45) is 4.00. The Morgan fingerprint density at radius 2 is 1.52 bits per heavy atom. The molecule has 0 saturated carbocycles. The van der Waals surface area contributed by atoms with Crippen molar-refractivity contribution in [3.05, 3.63) is 35.4 Å². The molecule has 25 heavy (non-hydrogen) atoms.